The minimum atomic E-state index is -0.732. The number of halogens is 1. The van der Waals surface area contributed by atoms with Gasteiger partial charge in [0, 0.05) is 24.8 Å². The van der Waals surface area contributed by atoms with Gasteiger partial charge in [-0.15, -0.1) is 0 Å². The van der Waals surface area contributed by atoms with Gasteiger partial charge in [-0.25, -0.2) is 9.69 Å². The zero-order valence-corrected chi connectivity index (χ0v) is 17.7. The summed E-state index contributed by atoms with van der Waals surface area (Å²) in [6.45, 7) is 0.306. The maximum atomic E-state index is 13.1. The molecule has 2 N–H and O–H groups in total. The first-order valence-electron chi connectivity index (χ1n) is 9.64. The van der Waals surface area contributed by atoms with Crippen molar-refractivity contribution in [1.82, 2.24) is 15.5 Å². The van der Waals surface area contributed by atoms with Gasteiger partial charge in [0.1, 0.15) is 11.8 Å². The van der Waals surface area contributed by atoms with Crippen molar-refractivity contribution in [3.63, 3.8) is 0 Å². The van der Waals surface area contributed by atoms with E-state index in [1.165, 1.54) is 0 Å². The third kappa shape index (κ3) is 3.94. The smallest absolute Gasteiger partial charge is 0.329 e. The number of methoxy groups -OCH3 is 1. The van der Waals surface area contributed by atoms with Crippen LogP contribution in [0.1, 0.15) is 5.56 Å². The summed E-state index contributed by atoms with van der Waals surface area (Å²) >= 11 is 5.91. The van der Waals surface area contributed by atoms with E-state index in [-0.39, 0.29) is 5.91 Å². The number of likely N-dealkylation sites (N-methyl/N-ethyl adjacent to an activating group) is 1. The molecule has 0 aliphatic carbocycles. The summed E-state index contributed by atoms with van der Waals surface area (Å²) in [5, 5.41) is 6.14. The molecule has 4 amide bonds. The second-order valence-electron chi connectivity index (χ2n) is 7.30. The maximum Gasteiger partial charge on any atom is 0.329 e. The van der Waals surface area contributed by atoms with Crippen molar-refractivity contribution < 1.29 is 19.1 Å². The topological polar surface area (TPSA) is 91.0 Å². The van der Waals surface area contributed by atoms with E-state index in [4.69, 9.17) is 16.3 Å². The molecule has 2 aliphatic rings. The van der Waals surface area contributed by atoms with E-state index in [0.29, 0.717) is 22.8 Å². The molecule has 9 heteroatoms. The van der Waals surface area contributed by atoms with E-state index in [0.717, 1.165) is 16.2 Å². The lowest BCUT2D eigenvalue weighted by atomic mass is 9.99. The number of imide groups is 1. The normalized spacial score (nSPS) is 20.2. The number of hydrogen-bond acceptors (Lipinski definition) is 5. The third-order valence-corrected chi connectivity index (χ3v) is 5.60. The second-order valence-corrected chi connectivity index (χ2v) is 7.74. The van der Waals surface area contributed by atoms with Gasteiger partial charge in [0.05, 0.1) is 24.4 Å². The lowest BCUT2D eigenvalue weighted by Crippen LogP contribution is -2.65. The number of carbonyl (C=O) groups excluding carboxylic acids is 3. The first-order chi connectivity index (χ1) is 14.9. The summed E-state index contributed by atoms with van der Waals surface area (Å²) in [5.41, 5.74) is 1.64. The Bertz CT molecular complexity index is 1050. The lowest BCUT2D eigenvalue weighted by Gasteiger charge is -2.37. The van der Waals surface area contributed by atoms with Crippen LogP contribution in [-0.4, -0.2) is 49.0 Å². The second kappa shape index (κ2) is 8.31. The van der Waals surface area contributed by atoms with Crippen LogP contribution in [-0.2, 0) is 16.1 Å². The molecule has 1 saturated heterocycles. The maximum absolute atomic E-state index is 13.1. The fourth-order valence-corrected chi connectivity index (χ4v) is 3.88. The molecule has 31 heavy (non-hydrogen) atoms. The van der Waals surface area contributed by atoms with Crippen LogP contribution in [0.2, 0.25) is 5.02 Å². The molecule has 0 saturated carbocycles. The standard InChI is InChI=1S/C22H21ClN4O4/c1-26-12-17(20(28)24-11-13-3-9-16(31-2)10-4-13)18-19(26)21(29)27(22(30)25-18)15-7-5-14(23)6-8-15/h3-10,12,18-19H,11H2,1-2H3,(H,24,28)(H,25,30). The number of nitrogens with one attached hydrogen (secondary N) is 2. The van der Waals surface area contributed by atoms with Crippen molar-refractivity contribution in [3.8, 4) is 5.75 Å². The van der Waals surface area contributed by atoms with Gasteiger partial charge in [0.15, 0.2) is 0 Å². The third-order valence-electron chi connectivity index (χ3n) is 5.35. The number of rotatable bonds is 5. The Balaban J connectivity index is 1.47. The summed E-state index contributed by atoms with van der Waals surface area (Å²) in [6.07, 6.45) is 1.60. The summed E-state index contributed by atoms with van der Waals surface area (Å²) in [4.78, 5) is 41.4. The number of benzene rings is 2. The number of urea groups is 1. The fourth-order valence-electron chi connectivity index (χ4n) is 3.75. The molecule has 4 rings (SSSR count). The van der Waals surface area contributed by atoms with E-state index < -0.39 is 24.0 Å². The van der Waals surface area contributed by atoms with Gasteiger partial charge in [-0.2, -0.15) is 0 Å². The van der Waals surface area contributed by atoms with E-state index in [1.807, 2.05) is 24.3 Å². The molecule has 1 fully saturated rings. The molecule has 2 atom stereocenters. The Morgan fingerprint density at radius 1 is 1.13 bits per heavy atom. The Morgan fingerprint density at radius 3 is 2.45 bits per heavy atom. The average molecular weight is 441 g/mol. The lowest BCUT2D eigenvalue weighted by molar-refractivity contribution is -0.122. The van der Waals surface area contributed by atoms with E-state index in [1.54, 1.807) is 49.5 Å². The minimum Gasteiger partial charge on any atom is -0.497 e. The van der Waals surface area contributed by atoms with Crippen molar-refractivity contribution in [3.05, 3.63) is 70.9 Å². The van der Waals surface area contributed by atoms with Gasteiger partial charge in [-0.3, -0.25) is 9.59 Å². The molecule has 2 aromatic rings. The number of hydrogen-bond donors (Lipinski definition) is 2. The molecule has 2 unspecified atom stereocenters. The molecular formula is C22H21ClN4O4. The van der Waals surface area contributed by atoms with Gasteiger partial charge < -0.3 is 20.3 Å². The van der Waals surface area contributed by atoms with Crippen LogP contribution in [0.4, 0.5) is 10.5 Å². The van der Waals surface area contributed by atoms with Crippen LogP contribution in [0.25, 0.3) is 0 Å². The zero-order chi connectivity index (χ0) is 22.1. The van der Waals surface area contributed by atoms with Crippen LogP contribution >= 0.6 is 11.6 Å². The summed E-state index contributed by atoms with van der Waals surface area (Å²) in [6, 6.07) is 11.7. The Labute approximate surface area is 184 Å². The van der Waals surface area contributed by atoms with E-state index in [9.17, 15) is 14.4 Å². The van der Waals surface area contributed by atoms with E-state index in [2.05, 4.69) is 10.6 Å². The van der Waals surface area contributed by atoms with Crippen molar-refractivity contribution in [2.24, 2.45) is 0 Å². The van der Waals surface area contributed by atoms with Gasteiger partial charge in [-0.1, -0.05) is 23.7 Å². The molecule has 8 nitrogen and oxygen atoms in total. The molecule has 0 aromatic heterocycles. The van der Waals surface area contributed by atoms with Crippen molar-refractivity contribution >= 4 is 35.1 Å². The SMILES string of the molecule is COc1ccc(CNC(=O)C2=CN(C)C3C(=O)N(c4ccc(Cl)cc4)C(=O)NC23)cc1. The number of anilines is 1. The van der Waals surface area contributed by atoms with Crippen molar-refractivity contribution in [1.29, 1.82) is 0 Å². The van der Waals surface area contributed by atoms with Crippen LogP contribution in [0, 0.1) is 0 Å². The molecule has 0 bridgehead atoms. The fraction of sp³-hybridized carbons (Fsp3) is 0.227. The van der Waals surface area contributed by atoms with Crippen LogP contribution in [0.15, 0.2) is 60.3 Å². The monoisotopic (exact) mass is 440 g/mol. The molecule has 2 heterocycles. The molecule has 0 spiro atoms. The van der Waals surface area contributed by atoms with Crippen LogP contribution < -0.4 is 20.3 Å². The Morgan fingerprint density at radius 2 is 1.81 bits per heavy atom. The Kier molecular flexibility index (Phi) is 5.56. The highest BCUT2D eigenvalue weighted by molar-refractivity contribution is 6.30. The first-order valence-corrected chi connectivity index (χ1v) is 10.0. The molecule has 160 valence electrons. The minimum absolute atomic E-state index is 0.306. The highest BCUT2D eigenvalue weighted by Crippen LogP contribution is 2.30. The molecule has 2 aromatic carbocycles. The predicted molar refractivity (Wildman–Crippen MR) is 116 cm³/mol. The number of nitrogens with zero attached hydrogens (tertiary/aromatic N) is 2. The van der Waals surface area contributed by atoms with Crippen molar-refractivity contribution in [2.45, 2.75) is 18.6 Å². The van der Waals surface area contributed by atoms with Gasteiger partial charge in [0.25, 0.3) is 11.8 Å². The van der Waals surface area contributed by atoms with Gasteiger partial charge in [-0.05, 0) is 42.0 Å². The average Bonchev–Trinajstić information content (AvgIpc) is 3.10. The first kappa shape index (κ1) is 20.7. The molecular weight excluding hydrogens is 420 g/mol. The number of fused-ring (bicyclic) bond motifs is 1. The summed E-state index contributed by atoms with van der Waals surface area (Å²) in [5.74, 6) is -0.0253. The molecule has 0 radical (unpaired) electrons. The number of amides is 4. The summed E-state index contributed by atoms with van der Waals surface area (Å²) < 4.78 is 5.13. The van der Waals surface area contributed by atoms with Crippen molar-refractivity contribution in [2.75, 3.05) is 19.1 Å². The van der Waals surface area contributed by atoms with Crippen LogP contribution in [0.5, 0.6) is 5.75 Å². The largest absolute Gasteiger partial charge is 0.497 e. The molecule has 2 aliphatic heterocycles. The highest BCUT2D eigenvalue weighted by atomic mass is 35.5. The number of ether oxygens (including phenoxy) is 1. The number of carbonyl (C=O) groups is 3. The summed E-state index contributed by atoms with van der Waals surface area (Å²) in [7, 11) is 3.29. The quantitative estimate of drug-likeness (QED) is 0.744. The van der Waals surface area contributed by atoms with Gasteiger partial charge >= 0.3 is 6.03 Å². The highest BCUT2D eigenvalue weighted by Gasteiger charge is 2.49. The van der Waals surface area contributed by atoms with E-state index >= 15 is 0 Å². The zero-order valence-electron chi connectivity index (χ0n) is 17.0. The predicted octanol–water partition coefficient (Wildman–Crippen LogP) is 2.29. The Hall–Kier alpha value is -3.52. The van der Waals surface area contributed by atoms with Crippen LogP contribution in [0.3, 0.4) is 0 Å². The van der Waals surface area contributed by atoms with Gasteiger partial charge in [0.2, 0.25) is 0 Å².